The van der Waals surface area contributed by atoms with Gasteiger partial charge < -0.3 is 19.5 Å². The lowest BCUT2D eigenvalue weighted by molar-refractivity contribution is -0.137. The van der Waals surface area contributed by atoms with Gasteiger partial charge in [0.15, 0.2) is 11.5 Å². The number of phenols is 1. The van der Waals surface area contributed by atoms with Crippen LogP contribution in [0.3, 0.4) is 0 Å². The SMILES string of the molecule is COc1cc(-c2noc(CCC(=O)O)n2)ccc1O. The highest BCUT2D eigenvalue weighted by Crippen LogP contribution is 2.30. The van der Waals surface area contributed by atoms with Crippen molar-refractivity contribution in [1.82, 2.24) is 10.1 Å². The summed E-state index contributed by atoms with van der Waals surface area (Å²) in [7, 11) is 1.44. The number of nitrogens with zero attached hydrogens (tertiary/aromatic N) is 2. The largest absolute Gasteiger partial charge is 0.504 e. The Balaban J connectivity index is 2.20. The van der Waals surface area contributed by atoms with E-state index in [4.69, 9.17) is 14.4 Å². The van der Waals surface area contributed by atoms with Gasteiger partial charge in [-0.25, -0.2) is 0 Å². The number of benzene rings is 1. The maximum Gasteiger partial charge on any atom is 0.303 e. The molecule has 19 heavy (non-hydrogen) atoms. The molecule has 0 bridgehead atoms. The second-order valence-corrected chi connectivity index (χ2v) is 3.79. The molecule has 7 nitrogen and oxygen atoms in total. The number of carboxylic acid groups (broad SMARTS) is 1. The number of ether oxygens (including phenoxy) is 1. The van der Waals surface area contributed by atoms with Gasteiger partial charge in [0.25, 0.3) is 0 Å². The summed E-state index contributed by atoms with van der Waals surface area (Å²) >= 11 is 0. The van der Waals surface area contributed by atoms with Crippen molar-refractivity contribution in [2.75, 3.05) is 7.11 Å². The minimum Gasteiger partial charge on any atom is -0.504 e. The smallest absolute Gasteiger partial charge is 0.303 e. The van der Waals surface area contributed by atoms with Crippen LogP contribution in [0.1, 0.15) is 12.3 Å². The molecule has 2 aromatic rings. The molecule has 2 N–H and O–H groups in total. The van der Waals surface area contributed by atoms with E-state index in [1.54, 1.807) is 12.1 Å². The van der Waals surface area contributed by atoms with Gasteiger partial charge in [0, 0.05) is 12.0 Å². The van der Waals surface area contributed by atoms with Crippen LogP contribution in [0.15, 0.2) is 22.7 Å². The van der Waals surface area contributed by atoms with E-state index in [0.717, 1.165) is 0 Å². The molecule has 0 aliphatic carbocycles. The molecule has 0 aliphatic heterocycles. The zero-order valence-electron chi connectivity index (χ0n) is 10.2. The Bertz CT molecular complexity index is 594. The third-order valence-corrected chi connectivity index (χ3v) is 2.46. The number of hydrogen-bond donors (Lipinski definition) is 2. The summed E-state index contributed by atoms with van der Waals surface area (Å²) in [5.41, 5.74) is 0.611. The fraction of sp³-hybridized carbons (Fsp3) is 0.250. The molecule has 0 atom stereocenters. The third-order valence-electron chi connectivity index (χ3n) is 2.46. The average Bonchev–Trinajstić information content (AvgIpc) is 2.86. The van der Waals surface area contributed by atoms with Crippen molar-refractivity contribution in [3.63, 3.8) is 0 Å². The van der Waals surface area contributed by atoms with Gasteiger partial charge in [-0.3, -0.25) is 4.79 Å². The highest BCUT2D eigenvalue weighted by atomic mass is 16.5. The number of phenolic OH excluding ortho intramolecular Hbond substituents is 1. The van der Waals surface area contributed by atoms with Crippen molar-refractivity contribution in [1.29, 1.82) is 0 Å². The minimum atomic E-state index is -0.925. The van der Waals surface area contributed by atoms with Crippen molar-refractivity contribution in [2.24, 2.45) is 0 Å². The molecule has 0 unspecified atom stereocenters. The number of hydrogen-bond acceptors (Lipinski definition) is 6. The highest BCUT2D eigenvalue weighted by Gasteiger charge is 2.12. The van der Waals surface area contributed by atoms with Crippen molar-refractivity contribution in [3.05, 3.63) is 24.1 Å². The van der Waals surface area contributed by atoms with E-state index in [2.05, 4.69) is 10.1 Å². The van der Waals surface area contributed by atoms with Crippen LogP contribution in [0.5, 0.6) is 11.5 Å². The van der Waals surface area contributed by atoms with Crippen LogP contribution in [0.4, 0.5) is 0 Å². The molecular weight excluding hydrogens is 252 g/mol. The topological polar surface area (TPSA) is 106 Å². The van der Waals surface area contributed by atoms with Crippen LogP contribution in [-0.4, -0.2) is 33.4 Å². The first-order valence-corrected chi connectivity index (χ1v) is 5.52. The summed E-state index contributed by atoms with van der Waals surface area (Å²) in [4.78, 5) is 14.5. The first kappa shape index (κ1) is 12.9. The molecule has 0 radical (unpaired) electrons. The van der Waals surface area contributed by atoms with Gasteiger partial charge in [-0.05, 0) is 18.2 Å². The molecule has 0 fully saturated rings. The molecule has 0 saturated carbocycles. The normalized spacial score (nSPS) is 10.4. The van der Waals surface area contributed by atoms with Crippen molar-refractivity contribution in [3.8, 4) is 22.9 Å². The molecule has 2 rings (SSSR count). The summed E-state index contributed by atoms with van der Waals surface area (Å²) in [5, 5.41) is 21.8. The standard InChI is InChI=1S/C12H12N2O5/c1-18-9-6-7(2-3-8(9)15)12-13-10(19-14-12)4-5-11(16)17/h2-3,6,15H,4-5H2,1H3,(H,16,17). The van der Waals surface area contributed by atoms with Gasteiger partial charge in [0.2, 0.25) is 11.7 Å². The van der Waals surface area contributed by atoms with Gasteiger partial charge in [0.05, 0.1) is 13.5 Å². The number of methoxy groups -OCH3 is 1. The lowest BCUT2D eigenvalue weighted by Gasteiger charge is -2.03. The molecule has 1 aromatic heterocycles. The lowest BCUT2D eigenvalue weighted by Crippen LogP contribution is -1.97. The Kier molecular flexibility index (Phi) is 3.65. The number of aryl methyl sites for hydroxylation is 1. The summed E-state index contributed by atoms with van der Waals surface area (Å²) < 4.78 is 9.92. The van der Waals surface area contributed by atoms with Gasteiger partial charge in [-0.2, -0.15) is 4.98 Å². The zero-order valence-corrected chi connectivity index (χ0v) is 10.2. The maximum absolute atomic E-state index is 10.4. The zero-order chi connectivity index (χ0) is 13.8. The third kappa shape index (κ3) is 3.01. The molecule has 100 valence electrons. The van der Waals surface area contributed by atoms with E-state index in [-0.39, 0.29) is 24.5 Å². The maximum atomic E-state index is 10.4. The molecule has 7 heteroatoms. The van der Waals surface area contributed by atoms with Crippen molar-refractivity contribution < 1.29 is 24.3 Å². The van der Waals surface area contributed by atoms with E-state index in [9.17, 15) is 9.90 Å². The summed E-state index contributed by atoms with van der Waals surface area (Å²) in [6, 6.07) is 4.65. The number of carboxylic acids is 1. The van der Waals surface area contributed by atoms with Gasteiger partial charge in [-0.15, -0.1) is 0 Å². The van der Waals surface area contributed by atoms with E-state index in [1.807, 2.05) is 0 Å². The first-order valence-electron chi connectivity index (χ1n) is 5.52. The van der Waals surface area contributed by atoms with Crippen LogP contribution in [0.2, 0.25) is 0 Å². The van der Waals surface area contributed by atoms with E-state index in [1.165, 1.54) is 13.2 Å². The lowest BCUT2D eigenvalue weighted by atomic mass is 10.2. The Morgan fingerprint density at radius 2 is 2.26 bits per heavy atom. The molecular formula is C12H12N2O5. The van der Waals surface area contributed by atoms with E-state index in [0.29, 0.717) is 17.1 Å². The second kappa shape index (κ2) is 5.38. The van der Waals surface area contributed by atoms with Gasteiger partial charge >= 0.3 is 5.97 Å². The fourth-order valence-corrected chi connectivity index (χ4v) is 1.50. The van der Waals surface area contributed by atoms with Crippen molar-refractivity contribution >= 4 is 5.97 Å². The average molecular weight is 264 g/mol. The predicted molar refractivity (Wildman–Crippen MR) is 63.9 cm³/mol. The van der Waals surface area contributed by atoms with Crippen LogP contribution in [0, 0.1) is 0 Å². The van der Waals surface area contributed by atoms with Crippen LogP contribution in [0.25, 0.3) is 11.4 Å². The first-order chi connectivity index (χ1) is 9.10. The Morgan fingerprint density at radius 3 is 2.95 bits per heavy atom. The number of aromatic nitrogens is 2. The molecule has 1 aromatic carbocycles. The number of rotatable bonds is 5. The molecule has 0 aliphatic rings. The Labute approximate surface area is 108 Å². The number of aromatic hydroxyl groups is 1. The van der Waals surface area contributed by atoms with E-state index < -0.39 is 5.97 Å². The Hall–Kier alpha value is -2.57. The minimum absolute atomic E-state index is 0.0147. The summed E-state index contributed by atoms with van der Waals surface area (Å²) in [5.74, 6) is -0.0376. The Morgan fingerprint density at radius 1 is 1.47 bits per heavy atom. The van der Waals surface area contributed by atoms with Crippen molar-refractivity contribution in [2.45, 2.75) is 12.8 Å². The van der Waals surface area contributed by atoms with Gasteiger partial charge in [0.1, 0.15) is 0 Å². The molecule has 1 heterocycles. The second-order valence-electron chi connectivity index (χ2n) is 3.79. The summed E-state index contributed by atoms with van der Waals surface area (Å²) in [6.45, 7) is 0. The number of carbonyl (C=O) groups is 1. The van der Waals surface area contributed by atoms with Crippen LogP contribution < -0.4 is 4.74 Å². The molecule has 0 amide bonds. The van der Waals surface area contributed by atoms with Crippen LogP contribution in [-0.2, 0) is 11.2 Å². The monoisotopic (exact) mass is 264 g/mol. The highest BCUT2D eigenvalue weighted by molar-refractivity contribution is 5.67. The van der Waals surface area contributed by atoms with Gasteiger partial charge in [-0.1, -0.05) is 5.16 Å². The fourth-order valence-electron chi connectivity index (χ4n) is 1.50. The summed E-state index contributed by atoms with van der Waals surface area (Å²) in [6.07, 6.45) is 0.109. The quantitative estimate of drug-likeness (QED) is 0.842. The van der Waals surface area contributed by atoms with Crippen LogP contribution >= 0.6 is 0 Å². The van der Waals surface area contributed by atoms with E-state index >= 15 is 0 Å². The predicted octanol–water partition coefficient (Wildman–Crippen LogP) is 1.47. The number of aliphatic carboxylic acids is 1. The molecule has 0 spiro atoms. The molecule has 0 saturated heterocycles.